The molecule has 0 saturated carbocycles. The molecule has 1 aliphatic rings. The molecule has 1 aromatic rings. The van der Waals surface area contributed by atoms with Crippen LogP contribution in [0.1, 0.15) is 24.9 Å². The summed E-state index contributed by atoms with van der Waals surface area (Å²) in [7, 11) is 0. The van der Waals surface area contributed by atoms with Gasteiger partial charge in [-0.2, -0.15) is 4.39 Å². The van der Waals surface area contributed by atoms with Gasteiger partial charge in [-0.1, -0.05) is 13.0 Å². The van der Waals surface area contributed by atoms with Gasteiger partial charge in [0.1, 0.15) is 6.10 Å². The molecule has 1 aromatic carbocycles. The van der Waals surface area contributed by atoms with Crippen LogP contribution < -0.4 is 10.5 Å². The lowest BCUT2D eigenvalue weighted by molar-refractivity contribution is 0.194. The van der Waals surface area contributed by atoms with Gasteiger partial charge in [0.2, 0.25) is 5.82 Å². The highest BCUT2D eigenvalue weighted by molar-refractivity contribution is 5.42. The molecule has 1 heterocycles. The van der Waals surface area contributed by atoms with Gasteiger partial charge in [-0.15, -0.1) is 0 Å². The first-order valence-electron chi connectivity index (χ1n) is 4.55. The molecular formula is C10H11F2NO. The molecule has 2 nitrogen and oxygen atoms in total. The Morgan fingerprint density at radius 1 is 1.43 bits per heavy atom. The molecule has 2 rings (SSSR count). The lowest BCUT2D eigenvalue weighted by Gasteiger charge is -2.11. The lowest BCUT2D eigenvalue weighted by Crippen LogP contribution is -2.24. The Hall–Kier alpha value is -1.16. The summed E-state index contributed by atoms with van der Waals surface area (Å²) in [4.78, 5) is 0. The zero-order valence-electron chi connectivity index (χ0n) is 7.76. The molecule has 0 bridgehead atoms. The Balaban J connectivity index is 2.48. The first-order valence-corrected chi connectivity index (χ1v) is 4.55. The Labute approximate surface area is 80.7 Å². The first-order chi connectivity index (χ1) is 6.65. The number of ether oxygens (including phenoxy) is 1. The third kappa shape index (κ3) is 1.18. The lowest BCUT2D eigenvalue weighted by atomic mass is 10.0. The average molecular weight is 199 g/mol. The molecule has 4 heteroatoms. The van der Waals surface area contributed by atoms with Crippen molar-refractivity contribution >= 4 is 0 Å². The third-order valence-corrected chi connectivity index (χ3v) is 2.51. The van der Waals surface area contributed by atoms with Crippen LogP contribution in [0.3, 0.4) is 0 Å². The van der Waals surface area contributed by atoms with Crippen molar-refractivity contribution in [3.8, 4) is 5.75 Å². The fourth-order valence-corrected chi connectivity index (χ4v) is 1.69. The molecular weight excluding hydrogens is 188 g/mol. The number of fused-ring (bicyclic) bond motifs is 1. The van der Waals surface area contributed by atoms with Crippen LogP contribution in [-0.2, 0) is 0 Å². The van der Waals surface area contributed by atoms with Gasteiger partial charge in [-0.05, 0) is 12.5 Å². The standard InChI is InChI=1S/C10H11F2NO/c1-2-7-9(13)5-3-4-6(11)8(12)10(5)14-7/h3-4,7,9H,2,13H2,1H3. The van der Waals surface area contributed by atoms with Crippen LogP contribution in [0.5, 0.6) is 5.75 Å². The summed E-state index contributed by atoms with van der Waals surface area (Å²) in [6, 6.07) is 2.20. The molecule has 2 unspecified atom stereocenters. The highest BCUT2D eigenvalue weighted by atomic mass is 19.2. The molecule has 2 atom stereocenters. The van der Waals surface area contributed by atoms with Gasteiger partial charge in [0.05, 0.1) is 6.04 Å². The van der Waals surface area contributed by atoms with Crippen LogP contribution in [0.25, 0.3) is 0 Å². The predicted octanol–water partition coefficient (Wildman–Crippen LogP) is 2.14. The molecule has 1 aliphatic heterocycles. The van der Waals surface area contributed by atoms with Crippen molar-refractivity contribution in [2.75, 3.05) is 0 Å². The number of hydrogen-bond acceptors (Lipinski definition) is 2. The molecule has 0 aliphatic carbocycles. The second-order valence-electron chi connectivity index (χ2n) is 3.37. The topological polar surface area (TPSA) is 35.2 Å². The maximum absolute atomic E-state index is 13.2. The smallest absolute Gasteiger partial charge is 0.200 e. The van der Waals surface area contributed by atoms with E-state index in [1.165, 1.54) is 6.07 Å². The summed E-state index contributed by atoms with van der Waals surface area (Å²) in [6.45, 7) is 1.89. The van der Waals surface area contributed by atoms with E-state index in [4.69, 9.17) is 10.5 Å². The van der Waals surface area contributed by atoms with Crippen LogP contribution in [0.15, 0.2) is 12.1 Å². The Kier molecular flexibility index (Phi) is 2.15. The van der Waals surface area contributed by atoms with Gasteiger partial charge in [0, 0.05) is 5.56 Å². The highest BCUT2D eigenvalue weighted by Crippen LogP contribution is 2.38. The minimum absolute atomic E-state index is 0.0237. The summed E-state index contributed by atoms with van der Waals surface area (Å²) >= 11 is 0. The maximum Gasteiger partial charge on any atom is 0.200 e. The Morgan fingerprint density at radius 2 is 2.14 bits per heavy atom. The normalized spacial score (nSPS) is 24.6. The van der Waals surface area contributed by atoms with Gasteiger partial charge < -0.3 is 10.5 Å². The zero-order chi connectivity index (χ0) is 10.3. The fraction of sp³-hybridized carbons (Fsp3) is 0.400. The molecule has 2 N–H and O–H groups in total. The summed E-state index contributed by atoms with van der Waals surface area (Å²) < 4.78 is 31.3. The van der Waals surface area contributed by atoms with Crippen molar-refractivity contribution in [1.82, 2.24) is 0 Å². The minimum Gasteiger partial charge on any atom is -0.485 e. The molecule has 14 heavy (non-hydrogen) atoms. The van der Waals surface area contributed by atoms with Crippen molar-refractivity contribution in [3.05, 3.63) is 29.3 Å². The zero-order valence-corrected chi connectivity index (χ0v) is 7.76. The average Bonchev–Trinajstić information content (AvgIpc) is 2.50. The van der Waals surface area contributed by atoms with E-state index in [0.29, 0.717) is 12.0 Å². The molecule has 0 aromatic heterocycles. The van der Waals surface area contributed by atoms with E-state index in [1.54, 1.807) is 0 Å². The third-order valence-electron chi connectivity index (χ3n) is 2.51. The number of benzene rings is 1. The maximum atomic E-state index is 13.2. The van der Waals surface area contributed by atoms with E-state index in [2.05, 4.69) is 0 Å². The monoisotopic (exact) mass is 199 g/mol. The minimum atomic E-state index is -0.936. The van der Waals surface area contributed by atoms with Crippen LogP contribution in [-0.4, -0.2) is 6.10 Å². The number of nitrogens with two attached hydrogens (primary N) is 1. The van der Waals surface area contributed by atoms with Crippen molar-refractivity contribution in [1.29, 1.82) is 0 Å². The van der Waals surface area contributed by atoms with Gasteiger partial charge in [-0.3, -0.25) is 0 Å². The summed E-state index contributed by atoms with van der Waals surface area (Å²) in [5, 5.41) is 0. The van der Waals surface area contributed by atoms with Crippen LogP contribution in [0.4, 0.5) is 8.78 Å². The SMILES string of the molecule is CCC1Oc2c(ccc(F)c2F)C1N. The molecule has 0 saturated heterocycles. The number of halogens is 2. The predicted molar refractivity (Wildman–Crippen MR) is 48.0 cm³/mol. The molecule has 0 radical (unpaired) electrons. The quantitative estimate of drug-likeness (QED) is 0.752. The van der Waals surface area contributed by atoms with E-state index in [-0.39, 0.29) is 17.9 Å². The number of rotatable bonds is 1. The van der Waals surface area contributed by atoms with Crippen molar-refractivity contribution < 1.29 is 13.5 Å². The second kappa shape index (κ2) is 3.20. The first kappa shape index (κ1) is 9.40. The van der Waals surface area contributed by atoms with Gasteiger partial charge in [0.15, 0.2) is 11.6 Å². The largest absolute Gasteiger partial charge is 0.485 e. The second-order valence-corrected chi connectivity index (χ2v) is 3.37. The van der Waals surface area contributed by atoms with E-state index >= 15 is 0 Å². The van der Waals surface area contributed by atoms with Crippen molar-refractivity contribution in [3.63, 3.8) is 0 Å². The van der Waals surface area contributed by atoms with Crippen molar-refractivity contribution in [2.24, 2.45) is 5.73 Å². The highest BCUT2D eigenvalue weighted by Gasteiger charge is 2.33. The van der Waals surface area contributed by atoms with Crippen LogP contribution >= 0.6 is 0 Å². The fourth-order valence-electron chi connectivity index (χ4n) is 1.69. The summed E-state index contributed by atoms with van der Waals surface area (Å²) in [6.07, 6.45) is 0.429. The van der Waals surface area contributed by atoms with E-state index in [1.807, 2.05) is 6.92 Å². The van der Waals surface area contributed by atoms with Gasteiger partial charge >= 0.3 is 0 Å². The molecule has 76 valence electrons. The Morgan fingerprint density at radius 3 is 2.79 bits per heavy atom. The summed E-state index contributed by atoms with van der Waals surface area (Å²) in [5.41, 5.74) is 6.36. The van der Waals surface area contributed by atoms with E-state index in [0.717, 1.165) is 6.07 Å². The molecule has 0 fully saturated rings. The van der Waals surface area contributed by atoms with Crippen LogP contribution in [0, 0.1) is 11.6 Å². The van der Waals surface area contributed by atoms with Crippen molar-refractivity contribution in [2.45, 2.75) is 25.5 Å². The van der Waals surface area contributed by atoms with E-state index in [9.17, 15) is 8.78 Å². The summed E-state index contributed by atoms with van der Waals surface area (Å²) in [5.74, 6) is -1.86. The number of hydrogen-bond donors (Lipinski definition) is 1. The molecule has 0 amide bonds. The van der Waals surface area contributed by atoms with Gasteiger partial charge in [0.25, 0.3) is 0 Å². The Bertz CT molecular complexity index is 367. The van der Waals surface area contributed by atoms with Gasteiger partial charge in [-0.25, -0.2) is 4.39 Å². The van der Waals surface area contributed by atoms with E-state index < -0.39 is 11.6 Å². The molecule has 0 spiro atoms. The van der Waals surface area contributed by atoms with Crippen LogP contribution in [0.2, 0.25) is 0 Å².